The van der Waals surface area contributed by atoms with Crippen molar-refractivity contribution in [2.24, 2.45) is 11.7 Å². The second-order valence-corrected chi connectivity index (χ2v) is 10.4. The molecule has 1 atom stereocenters. The summed E-state index contributed by atoms with van der Waals surface area (Å²) < 4.78 is 0. The van der Waals surface area contributed by atoms with Gasteiger partial charge in [0, 0.05) is 23.5 Å². The number of amides is 1. The fourth-order valence-corrected chi connectivity index (χ4v) is 6.07. The summed E-state index contributed by atoms with van der Waals surface area (Å²) in [6.07, 6.45) is 2.34. The van der Waals surface area contributed by atoms with Gasteiger partial charge in [-0.1, -0.05) is 36.4 Å². The van der Waals surface area contributed by atoms with Crippen LogP contribution >= 0.6 is 0 Å². The molecule has 0 unspecified atom stereocenters. The van der Waals surface area contributed by atoms with Crippen molar-refractivity contribution in [1.82, 2.24) is 19.9 Å². The van der Waals surface area contributed by atoms with Crippen LogP contribution in [0.3, 0.4) is 0 Å². The smallest absolute Gasteiger partial charge is 0.261 e. The van der Waals surface area contributed by atoms with E-state index in [0.717, 1.165) is 58.4 Å². The van der Waals surface area contributed by atoms with Crippen molar-refractivity contribution >= 4 is 33.5 Å². The van der Waals surface area contributed by atoms with E-state index < -0.39 is 5.91 Å². The van der Waals surface area contributed by atoms with Gasteiger partial charge in [-0.25, -0.2) is 4.98 Å². The molecule has 1 amide bonds. The van der Waals surface area contributed by atoms with Crippen molar-refractivity contribution < 1.29 is 4.79 Å². The van der Waals surface area contributed by atoms with Gasteiger partial charge in [-0.2, -0.15) is 0 Å². The highest BCUT2D eigenvalue weighted by Gasteiger charge is 2.35. The van der Waals surface area contributed by atoms with Crippen LogP contribution in [0, 0.1) is 5.92 Å². The maximum atomic E-state index is 13.7. The van der Waals surface area contributed by atoms with Gasteiger partial charge in [0.2, 0.25) is 5.91 Å². The molecule has 0 radical (unpaired) electrons. The van der Waals surface area contributed by atoms with E-state index in [1.54, 1.807) is 12.1 Å². The fourth-order valence-electron chi connectivity index (χ4n) is 6.07. The standard InChI is InChI=1S/C30H28N6O2/c31-28(37)19-7-5-17(6-8-19)20-9-10-21-24(15-20)35-30(38)26(29-33-22-3-1-2-4-23(22)34-29)27(21)32-25-16-36-13-11-18(25)12-14-36/h1-10,15,18,25H,11-14,16H2,(H2,31,37)(H,33,34)(H2,32,35,38)/t25-/m0/s1. The topological polar surface area (TPSA) is 120 Å². The molecule has 3 saturated heterocycles. The number of carbonyl (C=O) groups is 1. The van der Waals surface area contributed by atoms with E-state index in [2.05, 4.69) is 26.3 Å². The number of carbonyl (C=O) groups excluding carboxylic acids is 1. The molecule has 8 heteroatoms. The van der Waals surface area contributed by atoms with E-state index in [-0.39, 0.29) is 11.6 Å². The lowest BCUT2D eigenvalue weighted by molar-refractivity contribution is 0.0976. The Balaban J connectivity index is 1.38. The maximum Gasteiger partial charge on any atom is 0.261 e. The molecule has 5 heterocycles. The number of hydrogen-bond donors (Lipinski definition) is 4. The van der Waals surface area contributed by atoms with Crippen molar-refractivity contribution in [2.45, 2.75) is 18.9 Å². The summed E-state index contributed by atoms with van der Waals surface area (Å²) in [7, 11) is 0. The van der Waals surface area contributed by atoms with Gasteiger partial charge in [0.05, 0.1) is 22.2 Å². The van der Waals surface area contributed by atoms with Crippen LogP contribution < -0.4 is 16.6 Å². The molecule has 2 aromatic heterocycles. The first-order valence-electron chi connectivity index (χ1n) is 13.1. The van der Waals surface area contributed by atoms with Crippen LogP contribution in [0.1, 0.15) is 23.2 Å². The van der Waals surface area contributed by atoms with Crippen molar-refractivity contribution in [3.05, 3.63) is 82.6 Å². The number of rotatable bonds is 5. The Kier molecular flexibility index (Phi) is 5.30. The van der Waals surface area contributed by atoms with E-state index in [4.69, 9.17) is 10.7 Å². The minimum Gasteiger partial charge on any atom is -0.379 e. The molecule has 0 spiro atoms. The van der Waals surface area contributed by atoms with E-state index in [1.807, 2.05) is 48.5 Å². The molecular formula is C30H28N6O2. The van der Waals surface area contributed by atoms with Gasteiger partial charge in [0.1, 0.15) is 11.4 Å². The summed E-state index contributed by atoms with van der Waals surface area (Å²) in [5.41, 5.74) is 11.4. The lowest BCUT2D eigenvalue weighted by Crippen LogP contribution is -2.53. The van der Waals surface area contributed by atoms with E-state index in [1.165, 1.54) is 12.8 Å². The summed E-state index contributed by atoms with van der Waals surface area (Å²) in [6, 6.07) is 21.3. The first-order chi connectivity index (χ1) is 18.5. The van der Waals surface area contributed by atoms with Crippen molar-refractivity contribution in [3.63, 3.8) is 0 Å². The number of hydrogen-bond acceptors (Lipinski definition) is 5. The number of H-pyrrole nitrogens is 2. The van der Waals surface area contributed by atoms with Crippen LogP contribution in [0.15, 0.2) is 71.5 Å². The van der Waals surface area contributed by atoms with Gasteiger partial charge in [-0.15, -0.1) is 0 Å². The van der Waals surface area contributed by atoms with Gasteiger partial charge >= 0.3 is 0 Å². The summed E-state index contributed by atoms with van der Waals surface area (Å²) in [5, 5.41) is 4.75. The van der Waals surface area contributed by atoms with E-state index in [9.17, 15) is 9.59 Å². The molecule has 5 aromatic rings. The number of anilines is 1. The highest BCUT2D eigenvalue weighted by Crippen LogP contribution is 2.36. The lowest BCUT2D eigenvalue weighted by atomic mass is 9.83. The number of nitrogens with one attached hydrogen (secondary N) is 3. The molecule has 38 heavy (non-hydrogen) atoms. The van der Waals surface area contributed by atoms with Crippen LogP contribution in [-0.4, -0.2) is 51.4 Å². The molecule has 0 saturated carbocycles. The second-order valence-electron chi connectivity index (χ2n) is 10.4. The number of aromatic amines is 2. The number of benzene rings is 3. The first kappa shape index (κ1) is 22.7. The summed E-state index contributed by atoms with van der Waals surface area (Å²) in [6.45, 7) is 3.27. The number of nitrogens with two attached hydrogens (primary N) is 1. The number of piperidine rings is 3. The number of nitrogens with zero attached hydrogens (tertiary/aromatic N) is 2. The third-order valence-corrected chi connectivity index (χ3v) is 8.13. The zero-order valence-electron chi connectivity index (χ0n) is 20.8. The van der Waals surface area contributed by atoms with Gasteiger partial charge in [0.25, 0.3) is 5.56 Å². The molecule has 190 valence electrons. The maximum absolute atomic E-state index is 13.7. The molecule has 3 aliphatic rings. The summed E-state index contributed by atoms with van der Waals surface area (Å²) in [4.78, 5) is 38.9. The largest absolute Gasteiger partial charge is 0.379 e. The van der Waals surface area contributed by atoms with Gasteiger partial charge < -0.3 is 25.9 Å². The van der Waals surface area contributed by atoms with E-state index >= 15 is 0 Å². The van der Waals surface area contributed by atoms with Crippen molar-refractivity contribution in [1.29, 1.82) is 0 Å². The number of aromatic nitrogens is 3. The predicted octanol–water partition coefficient (Wildman–Crippen LogP) is 4.34. The minimum absolute atomic E-state index is 0.193. The van der Waals surface area contributed by atoms with Crippen LogP contribution in [-0.2, 0) is 0 Å². The Bertz CT molecular complexity index is 1710. The van der Waals surface area contributed by atoms with Gasteiger partial charge in [-0.3, -0.25) is 9.59 Å². The summed E-state index contributed by atoms with van der Waals surface area (Å²) in [5.74, 6) is 0.686. The third kappa shape index (κ3) is 3.85. The number of fused-ring (bicyclic) bond motifs is 5. The zero-order chi connectivity index (χ0) is 25.8. The molecule has 3 aromatic carbocycles. The Morgan fingerprint density at radius 3 is 2.42 bits per heavy atom. The highest BCUT2D eigenvalue weighted by molar-refractivity contribution is 6.01. The molecule has 5 N–H and O–H groups in total. The number of primary amides is 1. The average Bonchev–Trinajstić information content (AvgIpc) is 3.37. The fraction of sp³-hybridized carbons (Fsp3) is 0.233. The van der Waals surface area contributed by atoms with Gasteiger partial charge in [0.15, 0.2) is 0 Å². The number of imidazole rings is 1. The Labute approximate surface area is 218 Å². The molecule has 3 aliphatic heterocycles. The molecular weight excluding hydrogens is 476 g/mol. The number of pyridine rings is 1. The normalized spacial score (nSPS) is 20.7. The molecule has 2 bridgehead atoms. The SMILES string of the molecule is NC(=O)c1ccc(-c2ccc3c(N[C@H]4CN5CCC4CC5)c(-c4nc5ccccc5[nH]4)c(=O)[nH]c3c2)cc1. The van der Waals surface area contributed by atoms with Crippen LogP contribution in [0.25, 0.3) is 44.5 Å². The van der Waals surface area contributed by atoms with Crippen molar-refractivity contribution in [2.75, 3.05) is 25.0 Å². The summed E-state index contributed by atoms with van der Waals surface area (Å²) >= 11 is 0. The van der Waals surface area contributed by atoms with Crippen molar-refractivity contribution in [3.8, 4) is 22.5 Å². The second kappa shape index (κ2) is 8.85. The van der Waals surface area contributed by atoms with Crippen LogP contribution in [0.2, 0.25) is 0 Å². The molecule has 8 nitrogen and oxygen atoms in total. The lowest BCUT2D eigenvalue weighted by Gasteiger charge is -2.45. The zero-order valence-corrected chi connectivity index (χ0v) is 20.8. The quantitative estimate of drug-likeness (QED) is 0.284. The Morgan fingerprint density at radius 2 is 1.71 bits per heavy atom. The molecule has 8 rings (SSSR count). The average molecular weight is 505 g/mol. The van der Waals surface area contributed by atoms with E-state index in [0.29, 0.717) is 22.9 Å². The highest BCUT2D eigenvalue weighted by atomic mass is 16.1. The molecule has 0 aliphatic carbocycles. The van der Waals surface area contributed by atoms with Gasteiger partial charge in [-0.05, 0) is 73.3 Å². The third-order valence-electron chi connectivity index (χ3n) is 8.13. The number of para-hydroxylation sites is 2. The minimum atomic E-state index is -0.457. The Hall–Kier alpha value is -4.43. The predicted molar refractivity (Wildman–Crippen MR) is 150 cm³/mol. The monoisotopic (exact) mass is 504 g/mol. The van der Waals surface area contributed by atoms with Crippen LogP contribution in [0.4, 0.5) is 5.69 Å². The first-order valence-corrected chi connectivity index (χ1v) is 13.1. The Morgan fingerprint density at radius 1 is 0.947 bits per heavy atom. The van der Waals surface area contributed by atoms with Crippen LogP contribution in [0.5, 0.6) is 0 Å². The molecule has 3 fully saturated rings.